The molecule has 1 atom stereocenters. The second-order valence-electron chi connectivity index (χ2n) is 8.05. The van der Waals surface area contributed by atoms with Crippen molar-refractivity contribution in [3.05, 3.63) is 70.5 Å². The number of aromatic nitrogens is 2. The van der Waals surface area contributed by atoms with Gasteiger partial charge in [0, 0.05) is 23.0 Å². The second-order valence-corrected chi connectivity index (χ2v) is 8.05. The molecule has 4 N–H and O–H groups in total. The third kappa shape index (κ3) is 4.89. The Kier molecular flexibility index (Phi) is 6.85. The highest BCUT2D eigenvalue weighted by molar-refractivity contribution is 5.89. The van der Waals surface area contributed by atoms with Gasteiger partial charge >= 0.3 is 0 Å². The zero-order valence-electron chi connectivity index (χ0n) is 18.4. The average molecular weight is 417 g/mol. The molecule has 4 aromatic rings. The van der Waals surface area contributed by atoms with Gasteiger partial charge in [0.15, 0.2) is 0 Å². The minimum absolute atomic E-state index is 0.0711. The lowest BCUT2D eigenvalue weighted by atomic mass is 10.00. The Morgan fingerprint density at radius 2 is 1.81 bits per heavy atom. The quantitative estimate of drug-likeness (QED) is 0.378. The zero-order valence-corrected chi connectivity index (χ0v) is 18.4. The molecule has 1 saturated heterocycles. The molecular formula is C26H32N4O. The summed E-state index contributed by atoms with van der Waals surface area (Å²) in [5.41, 5.74) is 4.62. The van der Waals surface area contributed by atoms with E-state index >= 15 is 0 Å². The molecule has 5 rings (SSSR count). The number of para-hydroxylation sites is 1. The fourth-order valence-corrected chi connectivity index (χ4v) is 4.30. The number of pyridine rings is 1. The first-order valence-corrected chi connectivity index (χ1v) is 11.4. The van der Waals surface area contributed by atoms with E-state index in [1.54, 1.807) is 0 Å². The summed E-state index contributed by atoms with van der Waals surface area (Å²) < 4.78 is 0. The van der Waals surface area contributed by atoms with Gasteiger partial charge in [0.1, 0.15) is 0 Å². The van der Waals surface area contributed by atoms with Gasteiger partial charge in [0.2, 0.25) is 0 Å². The highest BCUT2D eigenvalue weighted by Gasteiger charge is 2.12. The first kappa shape index (κ1) is 21.3. The summed E-state index contributed by atoms with van der Waals surface area (Å²) in [5, 5.41) is 9.23. The second kappa shape index (κ2) is 9.94. The minimum atomic E-state index is -0.0711. The molecule has 162 valence electrons. The van der Waals surface area contributed by atoms with E-state index in [4.69, 9.17) is 0 Å². The fourth-order valence-electron chi connectivity index (χ4n) is 4.30. The molecule has 1 fully saturated rings. The summed E-state index contributed by atoms with van der Waals surface area (Å²) in [5.74, 6) is 0.728. The lowest BCUT2D eigenvalue weighted by molar-refractivity contribution is 0.360. The lowest BCUT2D eigenvalue weighted by Gasteiger charge is -2.22. The van der Waals surface area contributed by atoms with Gasteiger partial charge in [-0.1, -0.05) is 38.1 Å². The van der Waals surface area contributed by atoms with Gasteiger partial charge in [-0.05, 0) is 79.7 Å². The maximum Gasteiger partial charge on any atom is 0.257 e. The van der Waals surface area contributed by atoms with Crippen molar-refractivity contribution < 1.29 is 0 Å². The van der Waals surface area contributed by atoms with Gasteiger partial charge in [-0.2, -0.15) is 0 Å². The van der Waals surface area contributed by atoms with Crippen LogP contribution in [0, 0.1) is 5.92 Å². The smallest absolute Gasteiger partial charge is 0.257 e. The van der Waals surface area contributed by atoms with Crippen molar-refractivity contribution in [1.82, 2.24) is 20.6 Å². The molecule has 0 amide bonds. The Hall–Kier alpha value is -2.89. The third-order valence-corrected chi connectivity index (χ3v) is 5.89. The SMILES string of the molecule is CC.O=c1[nH]c2ccccc2cc1-c1cc2cc(CNCC3CCCNC3)ccc2[nH]1. The molecule has 1 aliphatic rings. The number of rotatable bonds is 5. The van der Waals surface area contributed by atoms with E-state index in [0.29, 0.717) is 5.56 Å². The van der Waals surface area contributed by atoms with Crippen LogP contribution in [0.1, 0.15) is 32.3 Å². The van der Waals surface area contributed by atoms with Gasteiger partial charge in [-0.3, -0.25) is 4.79 Å². The number of hydrogen-bond donors (Lipinski definition) is 4. The lowest BCUT2D eigenvalue weighted by Crippen LogP contribution is -2.35. The molecule has 31 heavy (non-hydrogen) atoms. The molecule has 0 saturated carbocycles. The summed E-state index contributed by atoms with van der Waals surface area (Å²) in [6.45, 7) is 8.19. The average Bonchev–Trinajstić information content (AvgIpc) is 3.24. The molecule has 1 unspecified atom stereocenters. The zero-order chi connectivity index (χ0) is 21.6. The van der Waals surface area contributed by atoms with E-state index in [1.165, 1.54) is 18.4 Å². The largest absolute Gasteiger partial charge is 0.354 e. The summed E-state index contributed by atoms with van der Waals surface area (Å²) >= 11 is 0. The van der Waals surface area contributed by atoms with Crippen LogP contribution in [0.2, 0.25) is 0 Å². The van der Waals surface area contributed by atoms with Crippen LogP contribution < -0.4 is 16.2 Å². The molecule has 2 aromatic heterocycles. The fraction of sp³-hybridized carbons (Fsp3) is 0.346. The van der Waals surface area contributed by atoms with E-state index in [-0.39, 0.29) is 5.56 Å². The van der Waals surface area contributed by atoms with Crippen LogP contribution in [0.25, 0.3) is 33.1 Å². The molecule has 5 nitrogen and oxygen atoms in total. The van der Waals surface area contributed by atoms with Crippen molar-refractivity contribution in [2.24, 2.45) is 5.92 Å². The number of fused-ring (bicyclic) bond motifs is 2. The Bertz CT molecular complexity index is 1200. The normalized spacial score (nSPS) is 16.3. The van der Waals surface area contributed by atoms with Crippen molar-refractivity contribution >= 4 is 21.8 Å². The minimum Gasteiger partial charge on any atom is -0.354 e. The Morgan fingerprint density at radius 3 is 2.65 bits per heavy atom. The molecule has 5 heteroatoms. The van der Waals surface area contributed by atoms with Crippen molar-refractivity contribution in [3.63, 3.8) is 0 Å². The number of aromatic amines is 2. The van der Waals surface area contributed by atoms with E-state index in [2.05, 4.69) is 44.9 Å². The van der Waals surface area contributed by atoms with E-state index in [0.717, 1.165) is 59.6 Å². The first-order valence-electron chi connectivity index (χ1n) is 11.4. The van der Waals surface area contributed by atoms with Crippen LogP contribution >= 0.6 is 0 Å². The highest BCUT2D eigenvalue weighted by atomic mass is 16.1. The van der Waals surface area contributed by atoms with E-state index in [1.807, 2.05) is 44.2 Å². The van der Waals surface area contributed by atoms with Crippen LogP contribution in [0.4, 0.5) is 0 Å². The van der Waals surface area contributed by atoms with Crippen LogP contribution in [0.15, 0.2) is 59.4 Å². The van der Waals surface area contributed by atoms with Crippen LogP contribution in [-0.2, 0) is 6.54 Å². The number of nitrogens with one attached hydrogen (secondary N) is 4. The molecule has 0 spiro atoms. The van der Waals surface area contributed by atoms with Crippen LogP contribution in [0.5, 0.6) is 0 Å². The summed E-state index contributed by atoms with van der Waals surface area (Å²) in [4.78, 5) is 19.0. The monoisotopic (exact) mass is 416 g/mol. The molecule has 1 aliphatic heterocycles. The van der Waals surface area contributed by atoms with Gasteiger partial charge < -0.3 is 20.6 Å². The van der Waals surface area contributed by atoms with Gasteiger partial charge in [0.05, 0.1) is 11.3 Å². The molecule has 0 radical (unpaired) electrons. The third-order valence-electron chi connectivity index (χ3n) is 5.89. The maximum absolute atomic E-state index is 12.6. The van der Waals surface area contributed by atoms with Crippen LogP contribution in [0.3, 0.4) is 0 Å². The Labute approximate surface area is 183 Å². The molecule has 0 bridgehead atoms. The van der Waals surface area contributed by atoms with Gasteiger partial charge in [0.25, 0.3) is 5.56 Å². The van der Waals surface area contributed by atoms with Crippen molar-refractivity contribution in [2.75, 3.05) is 19.6 Å². The number of hydrogen-bond acceptors (Lipinski definition) is 3. The predicted octanol–water partition coefficient (Wildman–Crippen LogP) is 4.79. The number of H-pyrrole nitrogens is 2. The van der Waals surface area contributed by atoms with E-state index < -0.39 is 0 Å². The highest BCUT2D eigenvalue weighted by Crippen LogP contribution is 2.24. The Balaban J connectivity index is 0.00000112. The molecule has 0 aliphatic carbocycles. The van der Waals surface area contributed by atoms with Gasteiger partial charge in [-0.25, -0.2) is 0 Å². The summed E-state index contributed by atoms with van der Waals surface area (Å²) in [6.07, 6.45) is 2.58. The summed E-state index contributed by atoms with van der Waals surface area (Å²) in [7, 11) is 0. The van der Waals surface area contributed by atoms with Crippen molar-refractivity contribution in [3.8, 4) is 11.3 Å². The number of benzene rings is 2. The van der Waals surface area contributed by atoms with E-state index in [9.17, 15) is 4.79 Å². The molecule has 2 aromatic carbocycles. The first-order chi connectivity index (χ1) is 15.3. The standard InChI is InChI=1S/C24H26N4O.C2H6/c29-24-20(11-18-5-1-2-6-21(18)28-24)23-12-19-10-16(7-8-22(19)27-23)13-26-15-17-4-3-9-25-14-17;1-2/h1-2,5-8,10-12,17,25-27H,3-4,9,13-15H2,(H,28,29);1-2H3. The Morgan fingerprint density at radius 1 is 0.968 bits per heavy atom. The van der Waals surface area contributed by atoms with Crippen LogP contribution in [-0.4, -0.2) is 29.6 Å². The maximum atomic E-state index is 12.6. The summed E-state index contributed by atoms with van der Waals surface area (Å²) in [6, 6.07) is 18.4. The number of piperidine rings is 1. The van der Waals surface area contributed by atoms with Crippen molar-refractivity contribution in [1.29, 1.82) is 0 Å². The van der Waals surface area contributed by atoms with Crippen molar-refractivity contribution in [2.45, 2.75) is 33.2 Å². The molecular weight excluding hydrogens is 384 g/mol. The predicted molar refractivity (Wildman–Crippen MR) is 131 cm³/mol. The van der Waals surface area contributed by atoms with Gasteiger partial charge in [-0.15, -0.1) is 0 Å². The topological polar surface area (TPSA) is 72.7 Å². The molecule has 3 heterocycles.